The van der Waals surface area contributed by atoms with Gasteiger partial charge in [0, 0.05) is 5.92 Å². The molecule has 0 saturated heterocycles. The summed E-state index contributed by atoms with van der Waals surface area (Å²) in [5.74, 6) is 0.0458. The average Bonchev–Trinajstić information content (AvgIpc) is 3.19. The third-order valence-corrected chi connectivity index (χ3v) is 4.23. The number of halogens is 3. The van der Waals surface area contributed by atoms with E-state index in [2.05, 4.69) is 15.5 Å². The number of hydrogen-bond donors (Lipinski definition) is 1. The summed E-state index contributed by atoms with van der Waals surface area (Å²) in [5.41, 5.74) is -0.455. The van der Waals surface area contributed by atoms with Crippen LogP contribution in [-0.4, -0.2) is 16.1 Å². The summed E-state index contributed by atoms with van der Waals surface area (Å²) in [7, 11) is 0. The van der Waals surface area contributed by atoms with E-state index in [4.69, 9.17) is 0 Å². The average molecular weight is 327 g/mol. The highest BCUT2D eigenvalue weighted by Crippen LogP contribution is 2.42. The highest BCUT2D eigenvalue weighted by Gasteiger charge is 2.30. The maximum absolute atomic E-state index is 12.6. The zero-order valence-corrected chi connectivity index (χ0v) is 12.2. The van der Waals surface area contributed by atoms with Gasteiger partial charge < -0.3 is 5.32 Å². The van der Waals surface area contributed by atoms with Crippen molar-refractivity contribution in [3.63, 3.8) is 0 Å². The number of amides is 1. The molecule has 1 aliphatic carbocycles. The Labute approximate surface area is 128 Å². The van der Waals surface area contributed by atoms with Crippen molar-refractivity contribution in [3.05, 3.63) is 40.4 Å². The fourth-order valence-corrected chi connectivity index (χ4v) is 2.92. The molecule has 0 unspecified atom stereocenters. The number of aromatic nitrogens is 2. The van der Waals surface area contributed by atoms with Gasteiger partial charge in [-0.25, -0.2) is 0 Å². The highest BCUT2D eigenvalue weighted by molar-refractivity contribution is 7.15. The molecule has 3 rings (SSSR count). The van der Waals surface area contributed by atoms with E-state index in [-0.39, 0.29) is 6.42 Å². The van der Waals surface area contributed by atoms with Crippen molar-refractivity contribution in [2.45, 2.75) is 31.4 Å². The first-order valence-electron chi connectivity index (χ1n) is 6.71. The summed E-state index contributed by atoms with van der Waals surface area (Å²) in [5, 5.41) is 11.7. The number of anilines is 1. The fraction of sp³-hybridized carbons (Fsp3) is 0.357. The number of hydrogen-bond acceptors (Lipinski definition) is 4. The molecular weight excluding hydrogens is 315 g/mol. The van der Waals surface area contributed by atoms with E-state index in [0.717, 1.165) is 30.0 Å². The largest absolute Gasteiger partial charge is 0.416 e. The standard InChI is InChI=1S/C14H12F3N3OS/c15-14(16,17)10-3-1-2-8(6-10)7-11(21)18-13-20-19-12(22-13)9-4-5-9/h1-3,6,9H,4-5,7H2,(H,18,20,21). The van der Waals surface area contributed by atoms with Gasteiger partial charge in [0.05, 0.1) is 12.0 Å². The Balaban J connectivity index is 1.63. The molecule has 0 bridgehead atoms. The summed E-state index contributed by atoms with van der Waals surface area (Å²) >= 11 is 1.32. The minimum Gasteiger partial charge on any atom is -0.300 e. The Kier molecular flexibility index (Phi) is 3.86. The van der Waals surface area contributed by atoms with Crippen LogP contribution in [0.1, 0.15) is 34.9 Å². The Bertz CT molecular complexity index is 695. The van der Waals surface area contributed by atoms with Crippen molar-refractivity contribution in [2.75, 3.05) is 5.32 Å². The number of benzene rings is 1. The van der Waals surface area contributed by atoms with Gasteiger partial charge in [0.15, 0.2) is 0 Å². The predicted octanol–water partition coefficient (Wildman–Crippen LogP) is 3.62. The van der Waals surface area contributed by atoms with Crippen LogP contribution in [0.2, 0.25) is 0 Å². The predicted molar refractivity (Wildman–Crippen MR) is 75.7 cm³/mol. The number of carbonyl (C=O) groups is 1. The van der Waals surface area contributed by atoms with Crippen LogP contribution < -0.4 is 5.32 Å². The summed E-state index contributed by atoms with van der Waals surface area (Å²) < 4.78 is 37.9. The zero-order valence-electron chi connectivity index (χ0n) is 11.4. The summed E-state index contributed by atoms with van der Waals surface area (Å²) in [4.78, 5) is 11.9. The fourth-order valence-electron chi connectivity index (χ4n) is 1.99. The molecule has 8 heteroatoms. The number of nitrogens with zero attached hydrogens (tertiary/aromatic N) is 2. The van der Waals surface area contributed by atoms with E-state index in [1.54, 1.807) is 0 Å². The van der Waals surface area contributed by atoms with E-state index in [1.807, 2.05) is 0 Å². The van der Waals surface area contributed by atoms with Crippen LogP contribution >= 0.6 is 11.3 Å². The van der Waals surface area contributed by atoms with Gasteiger partial charge in [0.2, 0.25) is 11.0 Å². The molecule has 0 aliphatic heterocycles. The topological polar surface area (TPSA) is 54.9 Å². The maximum Gasteiger partial charge on any atom is 0.416 e. The lowest BCUT2D eigenvalue weighted by molar-refractivity contribution is -0.137. The second-order valence-electron chi connectivity index (χ2n) is 5.14. The van der Waals surface area contributed by atoms with Gasteiger partial charge in [-0.1, -0.05) is 29.5 Å². The monoisotopic (exact) mass is 327 g/mol. The van der Waals surface area contributed by atoms with Crippen molar-refractivity contribution < 1.29 is 18.0 Å². The van der Waals surface area contributed by atoms with Crippen LogP contribution in [0.5, 0.6) is 0 Å². The van der Waals surface area contributed by atoms with Crippen LogP contribution in [-0.2, 0) is 17.4 Å². The zero-order chi connectivity index (χ0) is 15.7. The molecule has 22 heavy (non-hydrogen) atoms. The van der Waals surface area contributed by atoms with Gasteiger partial charge in [-0.2, -0.15) is 13.2 Å². The molecule has 2 aromatic rings. The quantitative estimate of drug-likeness (QED) is 0.933. The minimum atomic E-state index is -4.41. The van der Waals surface area contributed by atoms with E-state index in [0.29, 0.717) is 16.6 Å². The van der Waals surface area contributed by atoms with E-state index >= 15 is 0 Å². The summed E-state index contributed by atoms with van der Waals surface area (Å²) in [6.07, 6.45) is -2.37. The molecule has 4 nitrogen and oxygen atoms in total. The Morgan fingerprint density at radius 1 is 1.32 bits per heavy atom. The third kappa shape index (κ3) is 3.62. The van der Waals surface area contributed by atoms with Crippen molar-refractivity contribution in [1.82, 2.24) is 10.2 Å². The van der Waals surface area contributed by atoms with E-state index < -0.39 is 17.6 Å². The molecule has 1 amide bonds. The molecule has 0 atom stereocenters. The van der Waals surface area contributed by atoms with Gasteiger partial charge in [-0.3, -0.25) is 4.79 Å². The van der Waals surface area contributed by atoms with Crippen LogP contribution in [0.3, 0.4) is 0 Å². The number of rotatable bonds is 4. The molecule has 1 aliphatic rings. The highest BCUT2D eigenvalue weighted by atomic mass is 32.1. The molecule has 0 spiro atoms. The number of alkyl halides is 3. The van der Waals surface area contributed by atoms with Crippen LogP contribution in [0.25, 0.3) is 0 Å². The van der Waals surface area contributed by atoms with Crippen LogP contribution in [0.15, 0.2) is 24.3 Å². The summed E-state index contributed by atoms with van der Waals surface area (Å²) in [6, 6.07) is 4.75. The lowest BCUT2D eigenvalue weighted by atomic mass is 10.1. The Hall–Kier alpha value is -1.96. The molecular formula is C14H12F3N3OS. The molecule has 1 aromatic heterocycles. The Morgan fingerprint density at radius 3 is 2.77 bits per heavy atom. The van der Waals surface area contributed by atoms with Crippen molar-refractivity contribution >= 4 is 22.4 Å². The molecule has 1 heterocycles. The lowest BCUT2D eigenvalue weighted by Gasteiger charge is -2.08. The molecule has 1 aromatic carbocycles. The first kappa shape index (κ1) is 15.0. The first-order chi connectivity index (χ1) is 10.4. The molecule has 1 saturated carbocycles. The van der Waals surface area contributed by atoms with Gasteiger partial charge in [0.1, 0.15) is 5.01 Å². The maximum atomic E-state index is 12.6. The van der Waals surface area contributed by atoms with Crippen molar-refractivity contribution in [2.24, 2.45) is 0 Å². The SMILES string of the molecule is O=C(Cc1cccc(C(F)(F)F)c1)Nc1nnc(C2CC2)s1. The van der Waals surface area contributed by atoms with Crippen LogP contribution in [0.4, 0.5) is 18.3 Å². The van der Waals surface area contributed by atoms with Crippen LogP contribution in [0, 0.1) is 0 Å². The first-order valence-corrected chi connectivity index (χ1v) is 7.53. The van der Waals surface area contributed by atoms with Gasteiger partial charge in [0.25, 0.3) is 0 Å². The second kappa shape index (κ2) is 5.68. The lowest BCUT2D eigenvalue weighted by Crippen LogP contribution is -2.15. The summed E-state index contributed by atoms with van der Waals surface area (Å²) in [6.45, 7) is 0. The van der Waals surface area contributed by atoms with Crippen molar-refractivity contribution in [3.8, 4) is 0 Å². The second-order valence-corrected chi connectivity index (χ2v) is 6.15. The molecule has 1 fully saturated rings. The molecule has 0 radical (unpaired) electrons. The van der Waals surface area contributed by atoms with Gasteiger partial charge >= 0.3 is 6.18 Å². The molecule has 116 valence electrons. The van der Waals surface area contributed by atoms with E-state index in [1.165, 1.54) is 23.5 Å². The third-order valence-electron chi connectivity index (χ3n) is 3.23. The normalized spacial score (nSPS) is 14.9. The van der Waals surface area contributed by atoms with E-state index in [9.17, 15) is 18.0 Å². The molecule has 1 N–H and O–H groups in total. The van der Waals surface area contributed by atoms with Gasteiger partial charge in [-0.15, -0.1) is 10.2 Å². The van der Waals surface area contributed by atoms with Crippen molar-refractivity contribution in [1.29, 1.82) is 0 Å². The Morgan fingerprint density at radius 2 is 2.09 bits per heavy atom. The number of nitrogens with one attached hydrogen (secondary N) is 1. The smallest absolute Gasteiger partial charge is 0.300 e. The minimum absolute atomic E-state index is 0.137. The van der Waals surface area contributed by atoms with Gasteiger partial charge in [-0.05, 0) is 24.5 Å². The number of carbonyl (C=O) groups excluding carboxylic acids is 1.